The molecule has 1 aromatic heterocycles. The van der Waals surface area contributed by atoms with Crippen LogP contribution in [0.1, 0.15) is 63.6 Å². The Bertz CT molecular complexity index is 395. The molecule has 2 heterocycles. The van der Waals surface area contributed by atoms with E-state index in [-0.39, 0.29) is 0 Å². The zero-order valence-electron chi connectivity index (χ0n) is 12.1. The SMILES string of the molecule is CCn1cnnc1C1CCCN(C2CCCCC2)C1. The lowest BCUT2D eigenvalue weighted by molar-refractivity contribution is 0.116. The summed E-state index contributed by atoms with van der Waals surface area (Å²) in [4.78, 5) is 2.74. The van der Waals surface area contributed by atoms with E-state index >= 15 is 0 Å². The summed E-state index contributed by atoms with van der Waals surface area (Å²) >= 11 is 0. The van der Waals surface area contributed by atoms with Gasteiger partial charge in [-0.15, -0.1) is 10.2 Å². The van der Waals surface area contributed by atoms with Crippen molar-refractivity contribution in [2.75, 3.05) is 13.1 Å². The highest BCUT2D eigenvalue weighted by Gasteiger charge is 2.29. The molecule has 4 heteroatoms. The van der Waals surface area contributed by atoms with Gasteiger partial charge in [0.15, 0.2) is 0 Å². The number of aryl methyl sites for hydroxylation is 1. The topological polar surface area (TPSA) is 34.0 Å². The third kappa shape index (κ3) is 2.83. The largest absolute Gasteiger partial charge is 0.318 e. The highest BCUT2D eigenvalue weighted by molar-refractivity contribution is 5.00. The first-order valence-corrected chi connectivity index (χ1v) is 8.00. The molecule has 0 N–H and O–H groups in total. The molecule has 0 aromatic carbocycles. The highest BCUT2D eigenvalue weighted by atomic mass is 15.3. The molecule has 4 nitrogen and oxygen atoms in total. The van der Waals surface area contributed by atoms with Crippen molar-refractivity contribution in [3.8, 4) is 0 Å². The Morgan fingerprint density at radius 2 is 2.00 bits per heavy atom. The van der Waals surface area contributed by atoms with Crippen molar-refractivity contribution < 1.29 is 0 Å². The second-order valence-corrected chi connectivity index (χ2v) is 6.10. The lowest BCUT2D eigenvalue weighted by atomic mass is 9.90. The molecule has 0 amide bonds. The summed E-state index contributed by atoms with van der Waals surface area (Å²) in [6.07, 6.45) is 11.6. The molecule has 1 aromatic rings. The van der Waals surface area contributed by atoms with Gasteiger partial charge >= 0.3 is 0 Å². The fraction of sp³-hybridized carbons (Fsp3) is 0.867. The summed E-state index contributed by atoms with van der Waals surface area (Å²) < 4.78 is 2.22. The van der Waals surface area contributed by atoms with Crippen LogP contribution in [0.3, 0.4) is 0 Å². The third-order valence-corrected chi connectivity index (χ3v) is 4.90. The van der Waals surface area contributed by atoms with E-state index < -0.39 is 0 Å². The van der Waals surface area contributed by atoms with Gasteiger partial charge in [-0.2, -0.15) is 0 Å². The summed E-state index contributed by atoms with van der Waals surface area (Å²) in [5.41, 5.74) is 0. The molecule has 0 radical (unpaired) electrons. The quantitative estimate of drug-likeness (QED) is 0.840. The van der Waals surface area contributed by atoms with Gasteiger partial charge in [0.1, 0.15) is 12.2 Å². The van der Waals surface area contributed by atoms with Gasteiger partial charge in [-0.3, -0.25) is 4.90 Å². The summed E-state index contributed by atoms with van der Waals surface area (Å²) in [5.74, 6) is 1.81. The van der Waals surface area contributed by atoms with Crippen LogP contribution in [-0.2, 0) is 6.54 Å². The Labute approximate surface area is 116 Å². The van der Waals surface area contributed by atoms with Gasteiger partial charge in [0.05, 0.1) is 0 Å². The number of rotatable bonds is 3. The van der Waals surface area contributed by atoms with Crippen molar-refractivity contribution in [3.63, 3.8) is 0 Å². The van der Waals surface area contributed by atoms with E-state index in [2.05, 4.69) is 26.6 Å². The fourth-order valence-corrected chi connectivity index (χ4v) is 3.82. The first-order chi connectivity index (χ1) is 9.38. The van der Waals surface area contributed by atoms with Crippen LogP contribution in [0.4, 0.5) is 0 Å². The molecule has 2 aliphatic rings. The second kappa shape index (κ2) is 6.04. The lowest BCUT2D eigenvalue weighted by Gasteiger charge is -2.39. The predicted molar refractivity (Wildman–Crippen MR) is 76.1 cm³/mol. The average Bonchev–Trinajstić information content (AvgIpc) is 2.97. The molecule has 3 rings (SSSR count). The first-order valence-electron chi connectivity index (χ1n) is 8.00. The summed E-state index contributed by atoms with van der Waals surface area (Å²) in [6, 6.07) is 0.842. The van der Waals surface area contributed by atoms with Gasteiger partial charge in [-0.25, -0.2) is 0 Å². The minimum atomic E-state index is 0.595. The molecule has 1 aliphatic heterocycles. The zero-order chi connectivity index (χ0) is 13.1. The number of aromatic nitrogens is 3. The molecule has 2 fully saturated rings. The van der Waals surface area contributed by atoms with Gasteiger partial charge in [0.2, 0.25) is 0 Å². The molecule has 1 atom stereocenters. The second-order valence-electron chi connectivity index (χ2n) is 6.10. The summed E-state index contributed by atoms with van der Waals surface area (Å²) in [6.45, 7) is 5.65. The van der Waals surface area contributed by atoms with Gasteiger partial charge in [0.25, 0.3) is 0 Å². The number of hydrogen-bond donors (Lipinski definition) is 0. The van der Waals surface area contributed by atoms with Crippen LogP contribution >= 0.6 is 0 Å². The molecule has 1 saturated heterocycles. The maximum atomic E-state index is 4.38. The third-order valence-electron chi connectivity index (χ3n) is 4.90. The molecule has 1 aliphatic carbocycles. The molecule has 0 spiro atoms. The van der Waals surface area contributed by atoms with Crippen LogP contribution in [0.2, 0.25) is 0 Å². The van der Waals surface area contributed by atoms with Crippen molar-refractivity contribution in [2.24, 2.45) is 0 Å². The van der Waals surface area contributed by atoms with E-state index in [9.17, 15) is 0 Å². The molecule has 106 valence electrons. The van der Waals surface area contributed by atoms with Crippen LogP contribution in [0.5, 0.6) is 0 Å². The van der Waals surface area contributed by atoms with E-state index in [1.54, 1.807) is 0 Å². The average molecular weight is 262 g/mol. The van der Waals surface area contributed by atoms with E-state index in [4.69, 9.17) is 0 Å². The van der Waals surface area contributed by atoms with E-state index in [0.717, 1.165) is 12.6 Å². The monoisotopic (exact) mass is 262 g/mol. The number of hydrogen-bond acceptors (Lipinski definition) is 3. The minimum absolute atomic E-state index is 0.595. The number of piperidine rings is 1. The van der Waals surface area contributed by atoms with Crippen LogP contribution in [0.15, 0.2) is 6.33 Å². The maximum Gasteiger partial charge on any atom is 0.137 e. The van der Waals surface area contributed by atoms with Gasteiger partial charge < -0.3 is 4.57 Å². The van der Waals surface area contributed by atoms with Crippen molar-refractivity contribution in [1.82, 2.24) is 19.7 Å². The Morgan fingerprint density at radius 3 is 2.79 bits per heavy atom. The van der Waals surface area contributed by atoms with E-state index in [0.29, 0.717) is 5.92 Å². The minimum Gasteiger partial charge on any atom is -0.318 e. The van der Waals surface area contributed by atoms with Crippen molar-refractivity contribution in [1.29, 1.82) is 0 Å². The van der Waals surface area contributed by atoms with E-state index in [1.807, 2.05) is 6.33 Å². The first kappa shape index (κ1) is 13.1. The number of likely N-dealkylation sites (tertiary alicyclic amines) is 1. The maximum absolute atomic E-state index is 4.38. The molecule has 1 saturated carbocycles. The number of nitrogens with zero attached hydrogens (tertiary/aromatic N) is 4. The normalized spacial score (nSPS) is 26.7. The van der Waals surface area contributed by atoms with Gasteiger partial charge in [0, 0.05) is 25.0 Å². The molecular formula is C15H26N4. The fourth-order valence-electron chi connectivity index (χ4n) is 3.82. The van der Waals surface area contributed by atoms with Crippen LogP contribution in [0, 0.1) is 0 Å². The standard InChI is InChI=1S/C15H26N4/c1-2-18-12-16-17-15(18)13-7-6-10-19(11-13)14-8-4-3-5-9-14/h12-14H,2-11H2,1H3. The van der Waals surface area contributed by atoms with Crippen molar-refractivity contribution in [3.05, 3.63) is 12.2 Å². The van der Waals surface area contributed by atoms with Crippen molar-refractivity contribution >= 4 is 0 Å². The van der Waals surface area contributed by atoms with Crippen molar-refractivity contribution in [2.45, 2.75) is 70.4 Å². The summed E-state index contributed by atoms with van der Waals surface area (Å²) in [7, 11) is 0. The van der Waals surface area contributed by atoms with Gasteiger partial charge in [-0.05, 0) is 39.2 Å². The molecular weight excluding hydrogens is 236 g/mol. The molecule has 0 bridgehead atoms. The molecule has 19 heavy (non-hydrogen) atoms. The highest BCUT2D eigenvalue weighted by Crippen LogP contribution is 2.30. The predicted octanol–water partition coefficient (Wildman–Crippen LogP) is 2.81. The van der Waals surface area contributed by atoms with Crippen LogP contribution < -0.4 is 0 Å². The Morgan fingerprint density at radius 1 is 1.16 bits per heavy atom. The Kier molecular flexibility index (Phi) is 4.16. The molecule has 1 unspecified atom stereocenters. The lowest BCUT2D eigenvalue weighted by Crippen LogP contribution is -2.43. The Hall–Kier alpha value is -0.900. The van der Waals surface area contributed by atoms with Gasteiger partial charge in [-0.1, -0.05) is 19.3 Å². The smallest absolute Gasteiger partial charge is 0.137 e. The van der Waals surface area contributed by atoms with Crippen LogP contribution in [-0.4, -0.2) is 38.8 Å². The van der Waals surface area contributed by atoms with Crippen LogP contribution in [0.25, 0.3) is 0 Å². The summed E-state index contributed by atoms with van der Waals surface area (Å²) in [5, 5.41) is 8.48. The zero-order valence-corrected chi connectivity index (χ0v) is 12.1. The van der Waals surface area contributed by atoms with E-state index in [1.165, 1.54) is 63.9 Å². The Balaban J connectivity index is 1.67.